The molecule has 2 rings (SSSR count). The predicted octanol–water partition coefficient (Wildman–Crippen LogP) is 4.24. The molecular weight excluding hydrogens is 241 g/mol. The molecule has 0 N–H and O–H groups in total. The van der Waals surface area contributed by atoms with Gasteiger partial charge in [-0.05, 0) is 60.2 Å². The number of rotatable bonds is 2. The Morgan fingerprint density at radius 3 is 2.56 bits per heavy atom. The lowest BCUT2D eigenvalue weighted by atomic mass is 9.89. The Balaban J connectivity index is 2.16. The number of halogens is 2. The Hall–Kier alpha value is -0.240. The maximum Gasteiger partial charge on any atom is 0.0411 e. The zero-order valence-electron chi connectivity index (χ0n) is 9.55. The van der Waals surface area contributed by atoms with Crippen molar-refractivity contribution in [1.82, 2.24) is 4.42 Å². The van der Waals surface area contributed by atoms with E-state index >= 15 is 0 Å². The topological polar surface area (TPSA) is 3.24 Å². The number of hydrogen-bond acceptors (Lipinski definition) is 1. The van der Waals surface area contributed by atoms with Crippen LogP contribution in [-0.4, -0.2) is 17.5 Å². The number of nitrogens with zero attached hydrogens (tertiary/aromatic N) is 1. The van der Waals surface area contributed by atoms with Crippen molar-refractivity contribution >= 4 is 23.4 Å². The van der Waals surface area contributed by atoms with Crippen LogP contribution < -0.4 is 0 Å². The van der Waals surface area contributed by atoms with Crippen molar-refractivity contribution in [2.45, 2.75) is 32.1 Å². The Labute approximate surface area is 107 Å². The minimum Gasteiger partial charge on any atom is -0.220 e. The molecule has 1 aromatic rings. The molecule has 1 saturated heterocycles. The van der Waals surface area contributed by atoms with Gasteiger partial charge in [-0.2, -0.15) is 0 Å². The number of piperidine rings is 1. The second kappa shape index (κ2) is 5.39. The number of benzene rings is 1. The van der Waals surface area contributed by atoms with Crippen molar-refractivity contribution in [3.63, 3.8) is 0 Å². The summed E-state index contributed by atoms with van der Waals surface area (Å²) in [4.78, 5) is 0. The average molecular weight is 258 g/mol. The largest absolute Gasteiger partial charge is 0.220 e. The second-order valence-electron chi connectivity index (χ2n) is 4.43. The summed E-state index contributed by atoms with van der Waals surface area (Å²) in [6.07, 6.45) is 3.31. The van der Waals surface area contributed by atoms with Crippen molar-refractivity contribution in [3.05, 3.63) is 34.3 Å². The number of hydrogen-bond donors (Lipinski definition) is 0. The molecule has 1 aromatic carbocycles. The molecule has 0 unspecified atom stereocenters. The molecule has 0 atom stereocenters. The van der Waals surface area contributed by atoms with Crippen LogP contribution in [0.1, 0.15) is 36.8 Å². The Morgan fingerprint density at radius 2 is 1.94 bits per heavy atom. The SMILES string of the molecule is CCc1cc(Cl)cc(C2CCN(Cl)CC2)c1. The zero-order valence-corrected chi connectivity index (χ0v) is 11.1. The lowest BCUT2D eigenvalue weighted by Crippen LogP contribution is -2.25. The van der Waals surface area contributed by atoms with E-state index in [1.165, 1.54) is 11.1 Å². The van der Waals surface area contributed by atoms with Crippen LogP contribution in [0.3, 0.4) is 0 Å². The highest BCUT2D eigenvalue weighted by molar-refractivity contribution is 6.30. The predicted molar refractivity (Wildman–Crippen MR) is 70.2 cm³/mol. The van der Waals surface area contributed by atoms with Crippen molar-refractivity contribution in [3.8, 4) is 0 Å². The first-order valence-corrected chi connectivity index (χ1v) is 6.60. The average Bonchev–Trinajstić information content (AvgIpc) is 2.29. The summed E-state index contributed by atoms with van der Waals surface area (Å²) in [7, 11) is 0. The van der Waals surface area contributed by atoms with E-state index in [0.717, 1.165) is 37.4 Å². The van der Waals surface area contributed by atoms with Gasteiger partial charge in [0.2, 0.25) is 0 Å². The Kier molecular flexibility index (Phi) is 4.12. The van der Waals surface area contributed by atoms with Gasteiger partial charge in [0.05, 0.1) is 0 Å². The van der Waals surface area contributed by atoms with Crippen molar-refractivity contribution < 1.29 is 0 Å². The second-order valence-corrected chi connectivity index (χ2v) is 5.35. The maximum absolute atomic E-state index is 6.14. The maximum atomic E-state index is 6.14. The summed E-state index contributed by atoms with van der Waals surface area (Å²) < 4.78 is 1.88. The van der Waals surface area contributed by atoms with Crippen LogP contribution >= 0.6 is 23.4 Å². The van der Waals surface area contributed by atoms with Gasteiger partial charge in [0, 0.05) is 18.1 Å². The first kappa shape index (κ1) is 12.2. The molecule has 0 amide bonds. The zero-order chi connectivity index (χ0) is 11.5. The molecule has 1 aliphatic heterocycles. The molecule has 1 heterocycles. The van der Waals surface area contributed by atoms with Crippen LogP contribution in [0.5, 0.6) is 0 Å². The highest BCUT2D eigenvalue weighted by Gasteiger charge is 2.19. The summed E-state index contributed by atoms with van der Waals surface area (Å²) in [5, 5.41) is 0.864. The smallest absolute Gasteiger partial charge is 0.0411 e. The van der Waals surface area contributed by atoms with E-state index in [1.807, 2.05) is 4.42 Å². The summed E-state index contributed by atoms with van der Waals surface area (Å²) >= 11 is 12.1. The standard InChI is InChI=1S/C13H17Cl2N/c1-2-10-7-12(9-13(14)8-10)11-3-5-16(15)6-4-11/h7-9,11H,2-6H2,1H3. The molecule has 1 aliphatic rings. The molecule has 88 valence electrons. The fourth-order valence-electron chi connectivity index (χ4n) is 2.30. The fraction of sp³-hybridized carbons (Fsp3) is 0.538. The monoisotopic (exact) mass is 257 g/mol. The van der Waals surface area contributed by atoms with E-state index < -0.39 is 0 Å². The van der Waals surface area contributed by atoms with Gasteiger partial charge >= 0.3 is 0 Å². The van der Waals surface area contributed by atoms with Crippen LogP contribution in [0.4, 0.5) is 0 Å². The third-order valence-electron chi connectivity index (χ3n) is 3.30. The third-order valence-corrected chi connectivity index (χ3v) is 3.86. The summed E-state index contributed by atoms with van der Waals surface area (Å²) in [6.45, 7) is 4.11. The van der Waals surface area contributed by atoms with Gasteiger partial charge < -0.3 is 0 Å². The van der Waals surface area contributed by atoms with Gasteiger partial charge in [0.15, 0.2) is 0 Å². The van der Waals surface area contributed by atoms with Crippen LogP contribution in [-0.2, 0) is 6.42 Å². The molecule has 1 nitrogen and oxygen atoms in total. The Morgan fingerprint density at radius 1 is 1.25 bits per heavy atom. The lowest BCUT2D eigenvalue weighted by Gasteiger charge is -2.27. The van der Waals surface area contributed by atoms with Crippen molar-refractivity contribution in [2.75, 3.05) is 13.1 Å². The van der Waals surface area contributed by atoms with E-state index in [4.69, 9.17) is 23.4 Å². The van der Waals surface area contributed by atoms with E-state index in [1.54, 1.807) is 0 Å². The first-order chi connectivity index (χ1) is 7.69. The van der Waals surface area contributed by atoms with Crippen LogP contribution in [0.15, 0.2) is 18.2 Å². The molecule has 0 spiro atoms. The van der Waals surface area contributed by atoms with Gasteiger partial charge in [0.25, 0.3) is 0 Å². The quantitative estimate of drug-likeness (QED) is 0.717. The lowest BCUT2D eigenvalue weighted by molar-refractivity contribution is 0.336. The van der Waals surface area contributed by atoms with Crippen LogP contribution in [0.25, 0.3) is 0 Å². The molecule has 3 heteroatoms. The molecule has 0 saturated carbocycles. The Bertz CT molecular complexity index is 357. The summed E-state index contributed by atoms with van der Waals surface area (Å²) in [6, 6.07) is 6.46. The normalized spacial score (nSPS) is 18.9. The van der Waals surface area contributed by atoms with Gasteiger partial charge in [-0.15, -0.1) is 0 Å². The van der Waals surface area contributed by atoms with Gasteiger partial charge in [-0.3, -0.25) is 0 Å². The van der Waals surface area contributed by atoms with Gasteiger partial charge in [0.1, 0.15) is 0 Å². The third kappa shape index (κ3) is 2.91. The van der Waals surface area contributed by atoms with Gasteiger partial charge in [-0.1, -0.05) is 24.6 Å². The summed E-state index contributed by atoms with van der Waals surface area (Å²) in [5.41, 5.74) is 2.71. The minimum atomic E-state index is 0.624. The fourth-order valence-corrected chi connectivity index (χ4v) is 2.76. The van der Waals surface area contributed by atoms with Crippen molar-refractivity contribution in [1.29, 1.82) is 0 Å². The molecule has 1 fully saturated rings. The van der Waals surface area contributed by atoms with Crippen molar-refractivity contribution in [2.24, 2.45) is 0 Å². The van der Waals surface area contributed by atoms with E-state index in [0.29, 0.717) is 5.92 Å². The molecule has 0 bridgehead atoms. The van der Waals surface area contributed by atoms with E-state index in [9.17, 15) is 0 Å². The minimum absolute atomic E-state index is 0.624. The summed E-state index contributed by atoms with van der Waals surface area (Å²) in [5.74, 6) is 0.624. The molecule has 0 aromatic heterocycles. The van der Waals surface area contributed by atoms with E-state index in [-0.39, 0.29) is 0 Å². The highest BCUT2D eigenvalue weighted by Crippen LogP contribution is 2.31. The van der Waals surface area contributed by atoms with Crippen LogP contribution in [0, 0.1) is 0 Å². The molecule has 16 heavy (non-hydrogen) atoms. The highest BCUT2D eigenvalue weighted by atomic mass is 35.5. The molecular formula is C13H17Cl2N. The molecule has 0 aliphatic carbocycles. The first-order valence-electron chi connectivity index (χ1n) is 5.89. The van der Waals surface area contributed by atoms with Crippen LogP contribution in [0.2, 0.25) is 5.02 Å². The van der Waals surface area contributed by atoms with E-state index in [2.05, 4.69) is 25.1 Å². The molecule has 0 radical (unpaired) electrons. The van der Waals surface area contributed by atoms with Gasteiger partial charge in [-0.25, -0.2) is 4.42 Å². The number of aryl methyl sites for hydroxylation is 1.